The van der Waals surface area contributed by atoms with Crippen LogP contribution in [0, 0.1) is 12.7 Å². The Morgan fingerprint density at radius 2 is 1.91 bits per heavy atom. The Hall–Kier alpha value is -3.59. The van der Waals surface area contributed by atoms with Crippen molar-refractivity contribution in [2.24, 2.45) is 0 Å². The summed E-state index contributed by atoms with van der Waals surface area (Å²) in [7, 11) is 5.66. The molecule has 0 atom stereocenters. The van der Waals surface area contributed by atoms with Crippen LogP contribution >= 0.6 is 0 Å². The van der Waals surface area contributed by atoms with Crippen molar-refractivity contribution >= 4 is 11.6 Å². The molecule has 1 N–H and O–H groups in total. The average Bonchev–Trinajstić information content (AvgIpc) is 3.30. The second-order valence-corrected chi connectivity index (χ2v) is 8.47. The fraction of sp³-hybridized carbons (Fsp3) is 0.385. The molecule has 1 aromatic carbocycles. The Bertz CT molecular complexity index is 1160. The van der Waals surface area contributed by atoms with Gasteiger partial charge in [-0.2, -0.15) is 0 Å². The summed E-state index contributed by atoms with van der Waals surface area (Å²) in [4.78, 5) is 25.8. The van der Waals surface area contributed by atoms with Crippen molar-refractivity contribution in [1.82, 2.24) is 19.9 Å². The number of hydrogen-bond acceptors (Lipinski definition) is 7. The number of aryl methyl sites for hydroxylation is 2. The van der Waals surface area contributed by atoms with E-state index in [1.54, 1.807) is 7.11 Å². The lowest BCUT2D eigenvalue weighted by molar-refractivity contribution is -0.114. The number of nitrogens with zero attached hydrogens (tertiary/aromatic N) is 4. The van der Waals surface area contributed by atoms with Gasteiger partial charge in [0, 0.05) is 26.5 Å². The molecule has 3 aromatic rings. The van der Waals surface area contributed by atoms with Gasteiger partial charge in [0.25, 0.3) is 0 Å². The number of fused-ring (bicyclic) bond motifs is 1. The van der Waals surface area contributed by atoms with E-state index in [-0.39, 0.29) is 7.33 Å². The van der Waals surface area contributed by atoms with Crippen molar-refractivity contribution in [3.05, 3.63) is 59.3 Å². The molecule has 0 saturated heterocycles. The number of hydrogen-bond donors (Lipinski definition) is 1. The number of ether oxygens (including phenoxy) is 2. The molecule has 1 aliphatic carbocycles. The number of anilines is 1. The van der Waals surface area contributed by atoms with Crippen molar-refractivity contribution in [3.8, 4) is 23.0 Å². The van der Waals surface area contributed by atoms with Gasteiger partial charge in [0.2, 0.25) is 11.8 Å². The summed E-state index contributed by atoms with van der Waals surface area (Å²) < 4.78 is 23.5. The first-order valence-electron chi connectivity index (χ1n) is 11.5. The number of benzene rings is 1. The number of pyridine rings is 1. The predicted molar refractivity (Wildman–Crippen MR) is 135 cm³/mol. The van der Waals surface area contributed by atoms with E-state index in [4.69, 9.17) is 9.47 Å². The number of nitrogens with one attached hydrogen (secondary N) is 1. The van der Waals surface area contributed by atoms with Gasteiger partial charge < -0.3 is 19.7 Å². The van der Waals surface area contributed by atoms with E-state index in [1.807, 2.05) is 45.3 Å². The molecule has 0 bridgehead atoms. The van der Waals surface area contributed by atoms with Gasteiger partial charge in [-0.3, -0.25) is 4.79 Å². The monoisotopic (exact) mass is 483 g/mol. The van der Waals surface area contributed by atoms with Crippen molar-refractivity contribution in [1.29, 1.82) is 0 Å². The molecule has 188 valence electrons. The molecule has 0 fully saturated rings. The van der Waals surface area contributed by atoms with E-state index in [0.29, 0.717) is 18.3 Å². The third kappa shape index (κ3) is 7.19. The minimum Gasteiger partial charge on any atom is -0.495 e. The first-order chi connectivity index (χ1) is 16.8. The zero-order chi connectivity index (χ0) is 25.4. The van der Waals surface area contributed by atoms with E-state index in [9.17, 15) is 9.18 Å². The zero-order valence-electron chi connectivity index (χ0n) is 20.9. The van der Waals surface area contributed by atoms with Crippen LogP contribution in [0.1, 0.15) is 31.6 Å². The van der Waals surface area contributed by atoms with Crippen LogP contribution in [0.5, 0.6) is 11.6 Å². The van der Waals surface area contributed by atoms with Gasteiger partial charge in [-0.1, -0.05) is 6.07 Å². The summed E-state index contributed by atoms with van der Waals surface area (Å²) in [6.45, 7) is 4.90. The van der Waals surface area contributed by atoms with Gasteiger partial charge in [0.1, 0.15) is 12.4 Å². The fourth-order valence-electron chi connectivity index (χ4n) is 3.78. The molecule has 0 spiro atoms. The van der Waals surface area contributed by atoms with Crippen LogP contribution in [0.2, 0.25) is 0 Å². The van der Waals surface area contributed by atoms with Crippen LogP contribution in [-0.2, 0) is 17.6 Å². The quantitative estimate of drug-likeness (QED) is 0.535. The fourth-order valence-corrected chi connectivity index (χ4v) is 3.78. The first kappa shape index (κ1) is 26.0. The molecule has 0 aliphatic heterocycles. The number of methoxy groups -OCH3 is 1. The summed E-state index contributed by atoms with van der Waals surface area (Å²) in [5.74, 6) is 1.25. The maximum atomic E-state index is 12.9. The van der Waals surface area contributed by atoms with Crippen LogP contribution in [0.15, 0.2) is 36.7 Å². The maximum absolute atomic E-state index is 12.9. The van der Waals surface area contributed by atoms with E-state index >= 15 is 0 Å². The number of amides is 1. The topological polar surface area (TPSA) is 89.5 Å². The van der Waals surface area contributed by atoms with Crippen LogP contribution in [0.4, 0.5) is 10.1 Å². The lowest BCUT2D eigenvalue weighted by Gasteiger charge is -2.14. The number of carbonyl (C=O) groups is 1. The SMILES string of the molecule is CC(=O)Nc1c(-c2ncc(F)cn2)ccc2c1CCC2.COc1ccc(OCCN(C)C)nc1C.[HH]. The van der Waals surface area contributed by atoms with Crippen LogP contribution < -0.4 is 14.8 Å². The van der Waals surface area contributed by atoms with E-state index < -0.39 is 5.82 Å². The second-order valence-electron chi connectivity index (χ2n) is 8.47. The average molecular weight is 484 g/mol. The Morgan fingerprint density at radius 1 is 1.17 bits per heavy atom. The summed E-state index contributed by atoms with van der Waals surface area (Å²) in [6.07, 6.45) is 5.29. The Labute approximate surface area is 207 Å². The summed E-state index contributed by atoms with van der Waals surface area (Å²) in [6, 6.07) is 7.62. The normalized spacial score (nSPS) is 12.0. The minimum atomic E-state index is -0.476. The third-order valence-corrected chi connectivity index (χ3v) is 5.47. The predicted octanol–water partition coefficient (Wildman–Crippen LogP) is 4.31. The molecule has 1 amide bonds. The zero-order valence-corrected chi connectivity index (χ0v) is 20.9. The number of rotatable bonds is 7. The highest BCUT2D eigenvalue weighted by atomic mass is 19.1. The maximum Gasteiger partial charge on any atom is 0.221 e. The highest BCUT2D eigenvalue weighted by Gasteiger charge is 2.20. The molecular weight excluding hydrogens is 449 g/mol. The van der Waals surface area contributed by atoms with E-state index in [2.05, 4.69) is 25.2 Å². The summed E-state index contributed by atoms with van der Waals surface area (Å²) in [5.41, 5.74) is 4.74. The largest absolute Gasteiger partial charge is 0.495 e. The van der Waals surface area contributed by atoms with Gasteiger partial charge in [0.05, 0.1) is 30.9 Å². The van der Waals surface area contributed by atoms with Crippen LogP contribution in [0.3, 0.4) is 0 Å². The van der Waals surface area contributed by atoms with Crippen molar-refractivity contribution < 1.29 is 20.1 Å². The molecular formula is C26H34FN5O3. The van der Waals surface area contributed by atoms with E-state index in [0.717, 1.165) is 66.5 Å². The third-order valence-electron chi connectivity index (χ3n) is 5.47. The molecule has 2 heterocycles. The van der Waals surface area contributed by atoms with Crippen molar-refractivity contribution in [2.45, 2.75) is 33.1 Å². The van der Waals surface area contributed by atoms with Gasteiger partial charge in [-0.05, 0) is 63.5 Å². The van der Waals surface area contributed by atoms with Crippen LogP contribution in [0.25, 0.3) is 11.4 Å². The van der Waals surface area contributed by atoms with Crippen molar-refractivity contribution in [2.75, 3.05) is 39.7 Å². The Morgan fingerprint density at radius 3 is 2.54 bits per heavy atom. The second kappa shape index (κ2) is 12.2. The Balaban J connectivity index is 0.000000258. The van der Waals surface area contributed by atoms with Gasteiger partial charge in [-0.15, -0.1) is 0 Å². The highest BCUT2D eigenvalue weighted by molar-refractivity contribution is 5.95. The van der Waals surface area contributed by atoms with Crippen LogP contribution in [-0.4, -0.2) is 60.1 Å². The Kier molecular flexibility index (Phi) is 9.08. The lowest BCUT2D eigenvalue weighted by Crippen LogP contribution is -2.19. The number of halogens is 1. The number of aromatic nitrogens is 3. The molecule has 9 heteroatoms. The molecule has 0 unspecified atom stereocenters. The van der Waals surface area contributed by atoms with Crippen molar-refractivity contribution in [3.63, 3.8) is 0 Å². The minimum absolute atomic E-state index is 0. The smallest absolute Gasteiger partial charge is 0.221 e. The van der Waals surface area contributed by atoms with Gasteiger partial charge >= 0.3 is 0 Å². The number of likely N-dealkylation sites (N-methyl/N-ethyl adjacent to an activating group) is 1. The van der Waals surface area contributed by atoms with E-state index in [1.165, 1.54) is 12.5 Å². The molecule has 8 nitrogen and oxygen atoms in total. The lowest BCUT2D eigenvalue weighted by atomic mass is 10.0. The summed E-state index contributed by atoms with van der Waals surface area (Å²) in [5, 5.41) is 2.87. The van der Waals surface area contributed by atoms with Gasteiger partial charge in [0.15, 0.2) is 11.6 Å². The molecule has 35 heavy (non-hydrogen) atoms. The molecule has 2 aromatic heterocycles. The molecule has 4 rings (SSSR count). The molecule has 0 radical (unpaired) electrons. The molecule has 0 saturated carbocycles. The van der Waals surface area contributed by atoms with Gasteiger partial charge in [-0.25, -0.2) is 19.3 Å². The first-order valence-corrected chi connectivity index (χ1v) is 11.5. The summed E-state index contributed by atoms with van der Waals surface area (Å²) >= 11 is 0. The number of carbonyl (C=O) groups excluding carboxylic acids is 1. The highest BCUT2D eigenvalue weighted by Crippen LogP contribution is 2.36. The molecule has 1 aliphatic rings. The standard InChI is InChI=1S/C15H14FN3O.C11H18N2O2.H2/c1-9(20)19-14-12-4-2-3-10(12)5-6-13(14)15-17-7-11(16)8-18-15;1-9-10(14-4)5-6-11(12-9)15-8-7-13(2)3;/h5-8H,2-4H2,1H3,(H,19,20);5-6H,7-8H2,1-4H3;1H.